The molecule has 0 aromatic heterocycles. The number of nitrogens with one attached hydrogen (secondary N) is 1. The van der Waals surface area contributed by atoms with Crippen LogP contribution in [0.1, 0.15) is 39.5 Å². The van der Waals surface area contributed by atoms with Gasteiger partial charge in [-0.1, -0.05) is 38.8 Å². The average Bonchev–Trinajstić information content (AvgIpc) is 2.48. The second-order valence-corrected chi connectivity index (χ2v) is 6.42. The van der Waals surface area contributed by atoms with Crippen LogP contribution < -0.4 is 15.1 Å². The van der Waals surface area contributed by atoms with Gasteiger partial charge in [0, 0.05) is 32.7 Å². The largest absolute Gasteiger partial charge is 0.371 e. The van der Waals surface area contributed by atoms with E-state index >= 15 is 0 Å². The van der Waals surface area contributed by atoms with Gasteiger partial charge in [-0.3, -0.25) is 0 Å². The smallest absolute Gasteiger partial charge is 0.0604 e. The number of anilines is 2. The van der Waals surface area contributed by atoms with E-state index in [0.29, 0.717) is 6.04 Å². The van der Waals surface area contributed by atoms with Crippen molar-refractivity contribution in [3.63, 3.8) is 0 Å². The van der Waals surface area contributed by atoms with Gasteiger partial charge in [-0.25, -0.2) is 0 Å². The second kappa shape index (κ2) is 8.28. The van der Waals surface area contributed by atoms with Gasteiger partial charge in [-0.2, -0.15) is 0 Å². The zero-order chi connectivity index (χ0) is 15.1. The van der Waals surface area contributed by atoms with Gasteiger partial charge in [0.25, 0.3) is 0 Å². The minimum atomic E-state index is 0.617. The van der Waals surface area contributed by atoms with Crippen molar-refractivity contribution in [3.05, 3.63) is 24.3 Å². The first-order valence-corrected chi connectivity index (χ1v) is 8.47. The molecule has 0 aliphatic carbocycles. The molecule has 1 N–H and O–H groups in total. The Hall–Kier alpha value is -1.22. The highest BCUT2D eigenvalue weighted by molar-refractivity contribution is 5.72. The Bertz CT molecular complexity index is 417. The average molecular weight is 289 g/mol. The molecular weight excluding hydrogens is 258 g/mol. The first kappa shape index (κ1) is 16.2. The van der Waals surface area contributed by atoms with Crippen LogP contribution in [0.4, 0.5) is 11.4 Å². The molecule has 3 heteroatoms. The van der Waals surface area contributed by atoms with E-state index in [9.17, 15) is 0 Å². The van der Waals surface area contributed by atoms with Gasteiger partial charge in [-0.05, 0) is 31.5 Å². The lowest BCUT2D eigenvalue weighted by molar-refractivity contribution is 0.539. The third kappa shape index (κ3) is 4.92. The molecule has 0 amide bonds. The minimum absolute atomic E-state index is 0.617. The van der Waals surface area contributed by atoms with Crippen molar-refractivity contribution in [2.45, 2.75) is 45.6 Å². The summed E-state index contributed by atoms with van der Waals surface area (Å²) < 4.78 is 0. The number of fused-ring (bicyclic) bond motifs is 1. The summed E-state index contributed by atoms with van der Waals surface area (Å²) in [6, 6.07) is 9.41. The van der Waals surface area contributed by atoms with Crippen LogP contribution in [0.3, 0.4) is 0 Å². The Morgan fingerprint density at radius 2 is 1.71 bits per heavy atom. The van der Waals surface area contributed by atoms with E-state index in [4.69, 9.17) is 0 Å². The van der Waals surface area contributed by atoms with E-state index in [1.165, 1.54) is 43.6 Å². The Morgan fingerprint density at radius 3 is 2.48 bits per heavy atom. The SMILES string of the molecule is CC(C)NCCCCCCN1CCN(C)c2ccccc21. The number of rotatable bonds is 8. The van der Waals surface area contributed by atoms with Gasteiger partial charge in [-0.15, -0.1) is 0 Å². The van der Waals surface area contributed by atoms with Gasteiger partial charge < -0.3 is 15.1 Å². The summed E-state index contributed by atoms with van der Waals surface area (Å²) in [6.07, 6.45) is 5.29. The summed E-state index contributed by atoms with van der Waals surface area (Å²) in [4.78, 5) is 4.92. The van der Waals surface area contributed by atoms with E-state index in [1.54, 1.807) is 0 Å². The highest BCUT2D eigenvalue weighted by atomic mass is 15.2. The van der Waals surface area contributed by atoms with Crippen LogP contribution in [0, 0.1) is 0 Å². The fourth-order valence-electron chi connectivity index (χ4n) is 2.97. The Labute approximate surface area is 130 Å². The summed E-state index contributed by atoms with van der Waals surface area (Å²) >= 11 is 0. The highest BCUT2D eigenvalue weighted by Crippen LogP contribution is 2.31. The number of likely N-dealkylation sites (N-methyl/N-ethyl adjacent to an activating group) is 1. The summed E-state index contributed by atoms with van der Waals surface area (Å²) in [6.45, 7) is 9.07. The minimum Gasteiger partial charge on any atom is -0.371 e. The predicted molar refractivity (Wildman–Crippen MR) is 93.5 cm³/mol. The zero-order valence-electron chi connectivity index (χ0n) is 13.9. The number of benzene rings is 1. The lowest BCUT2D eigenvalue weighted by Gasteiger charge is -2.37. The molecule has 1 aromatic rings. The third-order valence-corrected chi connectivity index (χ3v) is 4.25. The lowest BCUT2D eigenvalue weighted by Crippen LogP contribution is -2.39. The molecule has 0 saturated heterocycles. The van der Waals surface area contributed by atoms with Crippen LogP contribution in [0.2, 0.25) is 0 Å². The van der Waals surface area contributed by atoms with Crippen LogP contribution >= 0.6 is 0 Å². The molecule has 0 bridgehead atoms. The zero-order valence-corrected chi connectivity index (χ0v) is 13.9. The Kier molecular flexibility index (Phi) is 6.37. The molecule has 0 saturated carbocycles. The summed E-state index contributed by atoms with van der Waals surface area (Å²) in [5, 5.41) is 3.49. The first-order valence-electron chi connectivity index (χ1n) is 8.47. The van der Waals surface area contributed by atoms with Crippen molar-refractivity contribution in [1.82, 2.24) is 5.32 Å². The fourth-order valence-corrected chi connectivity index (χ4v) is 2.97. The maximum absolute atomic E-state index is 3.49. The van der Waals surface area contributed by atoms with Gasteiger partial charge >= 0.3 is 0 Å². The molecule has 118 valence electrons. The molecule has 21 heavy (non-hydrogen) atoms. The van der Waals surface area contributed by atoms with Crippen LogP contribution in [0.15, 0.2) is 24.3 Å². The second-order valence-electron chi connectivity index (χ2n) is 6.42. The molecule has 1 aliphatic rings. The summed E-state index contributed by atoms with van der Waals surface area (Å²) in [5.41, 5.74) is 2.79. The van der Waals surface area contributed by atoms with Crippen molar-refractivity contribution in [2.75, 3.05) is 43.0 Å². The Morgan fingerprint density at radius 1 is 1.00 bits per heavy atom. The molecule has 0 spiro atoms. The number of nitrogens with zero attached hydrogens (tertiary/aromatic N) is 2. The van der Waals surface area contributed by atoms with Crippen LogP contribution in [-0.2, 0) is 0 Å². The summed E-state index contributed by atoms with van der Waals surface area (Å²) in [5.74, 6) is 0. The van der Waals surface area contributed by atoms with Crippen LogP contribution in [0.5, 0.6) is 0 Å². The van der Waals surface area contributed by atoms with E-state index in [1.807, 2.05) is 0 Å². The quantitative estimate of drug-likeness (QED) is 0.739. The van der Waals surface area contributed by atoms with Gasteiger partial charge in [0.15, 0.2) is 0 Å². The van der Waals surface area contributed by atoms with Crippen molar-refractivity contribution in [2.24, 2.45) is 0 Å². The van der Waals surface area contributed by atoms with E-state index in [2.05, 4.69) is 60.3 Å². The molecule has 3 nitrogen and oxygen atoms in total. The lowest BCUT2D eigenvalue weighted by atomic mass is 10.1. The maximum Gasteiger partial charge on any atom is 0.0604 e. The number of hydrogen-bond donors (Lipinski definition) is 1. The van der Waals surface area contributed by atoms with Crippen molar-refractivity contribution in [3.8, 4) is 0 Å². The van der Waals surface area contributed by atoms with Gasteiger partial charge in [0.1, 0.15) is 0 Å². The third-order valence-electron chi connectivity index (χ3n) is 4.25. The van der Waals surface area contributed by atoms with Crippen LogP contribution in [-0.4, -0.2) is 39.3 Å². The summed E-state index contributed by atoms with van der Waals surface area (Å²) in [7, 11) is 2.19. The highest BCUT2D eigenvalue weighted by Gasteiger charge is 2.18. The number of hydrogen-bond acceptors (Lipinski definition) is 3. The molecule has 0 fully saturated rings. The predicted octanol–water partition coefficient (Wildman–Crippen LogP) is 3.50. The van der Waals surface area contributed by atoms with Crippen LogP contribution in [0.25, 0.3) is 0 Å². The van der Waals surface area contributed by atoms with Crippen molar-refractivity contribution >= 4 is 11.4 Å². The first-order chi connectivity index (χ1) is 10.2. The monoisotopic (exact) mass is 289 g/mol. The maximum atomic E-state index is 3.49. The van der Waals surface area contributed by atoms with E-state index in [0.717, 1.165) is 19.6 Å². The van der Waals surface area contributed by atoms with Gasteiger partial charge in [0.2, 0.25) is 0 Å². The molecule has 0 unspecified atom stereocenters. The number of unbranched alkanes of at least 4 members (excludes halogenated alkanes) is 3. The van der Waals surface area contributed by atoms with E-state index in [-0.39, 0.29) is 0 Å². The van der Waals surface area contributed by atoms with Crippen molar-refractivity contribution in [1.29, 1.82) is 0 Å². The standard InChI is InChI=1S/C18H31N3/c1-16(2)19-12-8-4-5-9-13-21-15-14-20(3)17-10-6-7-11-18(17)21/h6-7,10-11,16,19H,4-5,8-9,12-15H2,1-3H3. The molecule has 0 radical (unpaired) electrons. The molecule has 1 aliphatic heterocycles. The van der Waals surface area contributed by atoms with Crippen molar-refractivity contribution < 1.29 is 0 Å². The van der Waals surface area contributed by atoms with Gasteiger partial charge in [0.05, 0.1) is 11.4 Å². The fraction of sp³-hybridized carbons (Fsp3) is 0.667. The Balaban J connectivity index is 1.69. The normalized spacial score (nSPS) is 14.7. The topological polar surface area (TPSA) is 18.5 Å². The molecular formula is C18H31N3. The molecule has 1 aromatic carbocycles. The molecule has 1 heterocycles. The number of para-hydroxylation sites is 2. The van der Waals surface area contributed by atoms with E-state index < -0.39 is 0 Å². The molecule has 2 rings (SSSR count). The molecule has 0 atom stereocenters.